The van der Waals surface area contributed by atoms with Gasteiger partial charge in [0, 0.05) is 24.9 Å². The van der Waals surface area contributed by atoms with Crippen molar-refractivity contribution in [2.75, 3.05) is 0 Å². The maximum Gasteiger partial charge on any atom is 0.347 e. The van der Waals surface area contributed by atoms with Gasteiger partial charge in [-0.1, -0.05) is 12.1 Å². The zero-order valence-electron chi connectivity index (χ0n) is 18.6. The van der Waals surface area contributed by atoms with Gasteiger partial charge in [-0.05, 0) is 55.7 Å². The van der Waals surface area contributed by atoms with Crippen LogP contribution in [-0.4, -0.2) is 19.6 Å². The highest BCUT2D eigenvalue weighted by Crippen LogP contribution is 2.28. The molecule has 6 rings (SSSR count). The molecular weight excluding hydrogens is 420 g/mol. The molecular formula is C25H20N4O4. The van der Waals surface area contributed by atoms with Crippen LogP contribution in [0.25, 0.3) is 43.7 Å². The topological polar surface area (TPSA) is 96.1 Å². The maximum absolute atomic E-state index is 12.4. The number of aromatic nitrogens is 4. The predicted octanol–water partition coefficient (Wildman–Crippen LogP) is 3.88. The van der Waals surface area contributed by atoms with Gasteiger partial charge in [0.05, 0.1) is 22.4 Å². The molecule has 0 radical (unpaired) electrons. The summed E-state index contributed by atoms with van der Waals surface area (Å²) < 4.78 is 14.6. The van der Waals surface area contributed by atoms with Crippen molar-refractivity contribution in [3.05, 3.63) is 79.8 Å². The third-order valence-corrected chi connectivity index (χ3v) is 6.26. The van der Waals surface area contributed by atoms with Crippen molar-refractivity contribution in [3.63, 3.8) is 0 Å². The maximum atomic E-state index is 12.4. The zero-order valence-corrected chi connectivity index (χ0v) is 18.6. The zero-order chi connectivity index (χ0) is 23.0. The molecule has 6 aromatic rings. The molecule has 4 heterocycles. The molecule has 0 aliphatic rings. The Morgan fingerprint density at radius 1 is 0.727 bits per heavy atom. The fourth-order valence-corrected chi connectivity index (χ4v) is 4.88. The van der Waals surface area contributed by atoms with Crippen LogP contribution in [-0.2, 0) is 20.5 Å². The summed E-state index contributed by atoms with van der Waals surface area (Å²) in [5.41, 5.74) is 5.29. The number of benzene rings is 2. The molecule has 4 aromatic heterocycles. The van der Waals surface area contributed by atoms with E-state index >= 15 is 0 Å². The van der Waals surface area contributed by atoms with E-state index in [1.54, 1.807) is 9.36 Å². The van der Waals surface area contributed by atoms with Gasteiger partial charge in [-0.25, -0.2) is 9.59 Å². The van der Waals surface area contributed by atoms with Crippen LogP contribution in [0, 0.1) is 13.8 Å². The smallest absolute Gasteiger partial charge is 0.347 e. The lowest BCUT2D eigenvalue weighted by Gasteiger charge is -2.07. The normalized spacial score (nSPS) is 12.0. The fraction of sp³-hybridized carbons (Fsp3) is 0.200. The van der Waals surface area contributed by atoms with E-state index in [4.69, 9.17) is 8.83 Å². The van der Waals surface area contributed by atoms with Crippen LogP contribution in [0.5, 0.6) is 0 Å². The molecule has 0 spiro atoms. The number of hydrogen-bond acceptors (Lipinski definition) is 6. The van der Waals surface area contributed by atoms with Gasteiger partial charge in [0.1, 0.15) is 21.9 Å². The highest BCUT2D eigenvalue weighted by atomic mass is 16.4. The first-order chi connectivity index (χ1) is 15.8. The quantitative estimate of drug-likeness (QED) is 0.379. The van der Waals surface area contributed by atoms with E-state index in [9.17, 15) is 9.59 Å². The summed E-state index contributed by atoms with van der Waals surface area (Å²) >= 11 is 0. The van der Waals surface area contributed by atoms with Crippen molar-refractivity contribution in [1.82, 2.24) is 19.6 Å². The minimum absolute atomic E-state index is 0.373. The first kappa shape index (κ1) is 19.5. The van der Waals surface area contributed by atoms with Crippen molar-refractivity contribution < 1.29 is 8.83 Å². The molecule has 0 aliphatic carbocycles. The molecule has 0 fully saturated rings. The van der Waals surface area contributed by atoms with Gasteiger partial charge in [0.25, 0.3) is 0 Å². The SMILES string of the molecule is Cc1nn(C)c2c1c(=O)oc1ccc(Cc3ccc4oc(=O)c5c(C)nn(C)c5c4c3)cc12. The molecule has 0 saturated heterocycles. The summed E-state index contributed by atoms with van der Waals surface area (Å²) in [6, 6.07) is 11.7. The highest BCUT2D eigenvalue weighted by molar-refractivity contribution is 6.04. The largest absolute Gasteiger partial charge is 0.422 e. The van der Waals surface area contributed by atoms with E-state index in [-0.39, 0.29) is 11.3 Å². The lowest BCUT2D eigenvalue weighted by Crippen LogP contribution is -2.02. The van der Waals surface area contributed by atoms with Crippen molar-refractivity contribution in [3.8, 4) is 0 Å². The number of hydrogen-bond donors (Lipinski definition) is 0. The highest BCUT2D eigenvalue weighted by Gasteiger charge is 2.17. The number of fused-ring (bicyclic) bond motifs is 6. The average Bonchev–Trinajstić information content (AvgIpc) is 3.24. The molecule has 0 unspecified atom stereocenters. The van der Waals surface area contributed by atoms with Crippen molar-refractivity contribution in [2.24, 2.45) is 14.1 Å². The van der Waals surface area contributed by atoms with Crippen LogP contribution in [0.2, 0.25) is 0 Å². The Bertz CT molecular complexity index is 1750. The lowest BCUT2D eigenvalue weighted by molar-refractivity contribution is 0.569. The van der Waals surface area contributed by atoms with Gasteiger partial charge < -0.3 is 8.83 Å². The Hall–Kier alpha value is -4.20. The van der Waals surface area contributed by atoms with Crippen LogP contribution < -0.4 is 11.3 Å². The van der Waals surface area contributed by atoms with Gasteiger partial charge in [-0.15, -0.1) is 0 Å². The van der Waals surface area contributed by atoms with Gasteiger partial charge in [-0.3, -0.25) is 9.36 Å². The Morgan fingerprint density at radius 3 is 1.58 bits per heavy atom. The van der Waals surface area contributed by atoms with Crippen LogP contribution in [0.15, 0.2) is 54.8 Å². The Morgan fingerprint density at radius 2 is 1.15 bits per heavy atom. The average molecular weight is 440 g/mol. The van der Waals surface area contributed by atoms with Crippen LogP contribution in [0.1, 0.15) is 22.5 Å². The van der Waals surface area contributed by atoms with E-state index in [1.165, 1.54) is 0 Å². The molecule has 0 saturated carbocycles. The second-order valence-electron chi connectivity index (χ2n) is 8.48. The molecule has 8 heteroatoms. The summed E-state index contributed by atoms with van der Waals surface area (Å²) in [6.45, 7) is 3.62. The van der Waals surface area contributed by atoms with Crippen LogP contribution in [0.4, 0.5) is 0 Å². The predicted molar refractivity (Wildman–Crippen MR) is 126 cm³/mol. The molecule has 8 nitrogen and oxygen atoms in total. The number of aryl methyl sites for hydroxylation is 4. The minimum atomic E-state index is -0.373. The molecule has 0 N–H and O–H groups in total. The van der Waals surface area contributed by atoms with Crippen molar-refractivity contribution in [1.29, 1.82) is 0 Å². The molecule has 2 aromatic carbocycles. The molecule has 33 heavy (non-hydrogen) atoms. The minimum Gasteiger partial charge on any atom is -0.422 e. The van der Waals surface area contributed by atoms with E-state index in [0.717, 1.165) is 32.9 Å². The monoisotopic (exact) mass is 440 g/mol. The van der Waals surface area contributed by atoms with E-state index in [0.29, 0.717) is 39.7 Å². The van der Waals surface area contributed by atoms with Gasteiger partial charge >= 0.3 is 11.3 Å². The van der Waals surface area contributed by atoms with E-state index in [2.05, 4.69) is 10.2 Å². The second kappa shape index (κ2) is 6.65. The summed E-state index contributed by atoms with van der Waals surface area (Å²) in [7, 11) is 3.66. The Kier molecular flexibility index (Phi) is 3.93. The number of rotatable bonds is 2. The second-order valence-corrected chi connectivity index (χ2v) is 8.48. The van der Waals surface area contributed by atoms with Crippen molar-refractivity contribution in [2.45, 2.75) is 20.3 Å². The Balaban J connectivity index is 1.53. The van der Waals surface area contributed by atoms with Gasteiger partial charge in [0.15, 0.2) is 0 Å². The third-order valence-electron chi connectivity index (χ3n) is 6.26. The fourth-order valence-electron chi connectivity index (χ4n) is 4.88. The standard InChI is InChI=1S/C25H20N4O4/c1-12-20-22(28(3)26-12)16-10-14(5-7-18(16)32-24(20)30)9-15-6-8-19-17(11-15)23-21(25(31)33-19)13(2)27-29(23)4/h5-8,10-11H,9H2,1-4H3. The van der Waals surface area contributed by atoms with Crippen LogP contribution in [0.3, 0.4) is 0 Å². The van der Waals surface area contributed by atoms with Crippen molar-refractivity contribution >= 4 is 43.7 Å². The first-order valence-corrected chi connectivity index (χ1v) is 10.6. The van der Waals surface area contributed by atoms with E-state index in [1.807, 2.05) is 64.3 Å². The third kappa shape index (κ3) is 2.77. The van der Waals surface area contributed by atoms with Gasteiger partial charge in [0.2, 0.25) is 0 Å². The molecule has 0 bridgehead atoms. The van der Waals surface area contributed by atoms with Crippen LogP contribution >= 0.6 is 0 Å². The molecule has 164 valence electrons. The summed E-state index contributed by atoms with van der Waals surface area (Å²) in [6.07, 6.45) is 0.654. The Labute approximate surface area is 186 Å². The lowest BCUT2D eigenvalue weighted by atomic mass is 10.0. The molecule has 0 atom stereocenters. The number of nitrogens with zero attached hydrogens (tertiary/aromatic N) is 4. The van der Waals surface area contributed by atoms with E-state index < -0.39 is 0 Å². The molecule has 0 amide bonds. The van der Waals surface area contributed by atoms with Gasteiger partial charge in [-0.2, -0.15) is 10.2 Å². The molecule has 0 aliphatic heterocycles. The summed E-state index contributed by atoms with van der Waals surface area (Å²) in [5.74, 6) is 0. The summed E-state index contributed by atoms with van der Waals surface area (Å²) in [4.78, 5) is 24.9. The summed E-state index contributed by atoms with van der Waals surface area (Å²) in [5, 5.41) is 11.5. The first-order valence-electron chi connectivity index (χ1n) is 10.6.